The van der Waals surface area contributed by atoms with E-state index in [9.17, 15) is 38.4 Å². The monoisotopic (exact) mass is 1430 g/mol. The van der Waals surface area contributed by atoms with Crippen molar-refractivity contribution in [2.24, 2.45) is 5.41 Å². The summed E-state index contributed by atoms with van der Waals surface area (Å²) in [5.41, 5.74) is 6.95. The number of benzene rings is 8. The van der Waals surface area contributed by atoms with Gasteiger partial charge in [-0.15, -0.1) is 47.0 Å². The van der Waals surface area contributed by atoms with E-state index < -0.39 is 55.7 Å². The number of carbonyl (C=O) groups is 8. The molecule has 0 spiro atoms. The van der Waals surface area contributed by atoms with Crippen molar-refractivity contribution >= 4 is 117 Å². The van der Waals surface area contributed by atoms with Gasteiger partial charge >= 0.3 is 23.9 Å². The maximum Gasteiger partial charge on any atom is 0.316 e. The lowest BCUT2D eigenvalue weighted by Crippen LogP contribution is -2.44. The Morgan fingerprint density at radius 3 is 0.574 bits per heavy atom. The van der Waals surface area contributed by atoms with Crippen LogP contribution < -0.4 is 19.6 Å². The SMILES string of the molecule is O=C(CSc1ccc(C(=O)c2ccc(N3CCCC3)cc2)cc1)OCC(COC(=O)CSc1ccc(C(=O)c2ccc(N3CCCC3)cc2)cc1)(COC(=O)CSc1ccc(C(=O)c2ccc(N3CCCC3)cc2)cc1)COC(=O)CSc1ccc(C(=O)c2ccc(N3CCCC3)cc2)cc1. The first kappa shape index (κ1) is 71.7. The molecule has 4 aliphatic heterocycles. The summed E-state index contributed by atoms with van der Waals surface area (Å²) >= 11 is 4.72. The highest BCUT2D eigenvalue weighted by atomic mass is 32.2. The van der Waals surface area contributed by atoms with E-state index in [2.05, 4.69) is 19.6 Å². The van der Waals surface area contributed by atoms with Gasteiger partial charge in [0.25, 0.3) is 0 Å². The first-order chi connectivity index (χ1) is 49.3. The van der Waals surface area contributed by atoms with Crippen LogP contribution in [-0.2, 0) is 38.1 Å². The third-order valence-electron chi connectivity index (χ3n) is 18.5. The zero-order chi connectivity index (χ0) is 69.9. The molecule has 0 aliphatic carbocycles. The third kappa shape index (κ3) is 19.7. The van der Waals surface area contributed by atoms with Gasteiger partial charge in [-0.2, -0.15) is 0 Å². The molecule has 520 valence electrons. The number of nitrogens with zero attached hydrogens (tertiary/aromatic N) is 4. The minimum atomic E-state index is -1.63. The highest BCUT2D eigenvalue weighted by Gasteiger charge is 2.38. The average Bonchev–Trinajstić information content (AvgIpc) is 1.68. The van der Waals surface area contributed by atoms with Crippen LogP contribution in [0.2, 0.25) is 0 Å². The van der Waals surface area contributed by atoms with E-state index in [1.807, 2.05) is 97.1 Å². The number of carbonyl (C=O) groups excluding carboxylic acids is 8. The molecule has 101 heavy (non-hydrogen) atoms. The maximum atomic E-state index is 13.9. The summed E-state index contributed by atoms with van der Waals surface area (Å²) in [6.45, 7) is 5.93. The Morgan fingerprint density at radius 1 is 0.248 bits per heavy atom. The molecule has 8 aromatic rings. The molecule has 0 N–H and O–H groups in total. The Balaban J connectivity index is 0.714. The molecular formula is C81H80N4O12S4. The molecule has 12 rings (SSSR count). The van der Waals surface area contributed by atoms with E-state index in [1.54, 1.807) is 97.1 Å². The smallest absolute Gasteiger partial charge is 0.316 e. The minimum absolute atomic E-state index is 0.131. The van der Waals surface area contributed by atoms with Gasteiger partial charge in [0, 0.05) is 139 Å². The van der Waals surface area contributed by atoms with Crippen LogP contribution in [0.5, 0.6) is 0 Å². The van der Waals surface area contributed by atoms with Gasteiger partial charge in [0.2, 0.25) is 0 Å². The number of anilines is 4. The van der Waals surface area contributed by atoms with Gasteiger partial charge in [-0.1, -0.05) is 0 Å². The molecule has 0 unspecified atom stereocenters. The lowest BCUT2D eigenvalue weighted by atomic mass is 9.92. The first-order valence-corrected chi connectivity index (χ1v) is 38.3. The van der Waals surface area contributed by atoms with Crippen molar-refractivity contribution in [3.05, 3.63) is 239 Å². The summed E-state index contributed by atoms with van der Waals surface area (Å²) in [6.07, 6.45) is 9.18. The van der Waals surface area contributed by atoms with E-state index >= 15 is 0 Å². The fourth-order valence-corrected chi connectivity index (χ4v) is 15.4. The molecule has 16 nitrogen and oxygen atoms in total. The van der Waals surface area contributed by atoms with Crippen LogP contribution in [0.25, 0.3) is 0 Å². The second kappa shape index (κ2) is 35.0. The van der Waals surface area contributed by atoms with Gasteiger partial charge in [-0.25, -0.2) is 0 Å². The number of esters is 4. The predicted octanol–water partition coefficient (Wildman–Crippen LogP) is 14.6. The molecule has 0 bridgehead atoms. The number of ether oxygens (including phenoxy) is 4. The van der Waals surface area contributed by atoms with Crippen LogP contribution in [0.15, 0.2) is 214 Å². The van der Waals surface area contributed by atoms with Crippen LogP contribution in [0.1, 0.15) is 115 Å². The van der Waals surface area contributed by atoms with E-state index in [-0.39, 0.29) is 46.1 Å². The molecule has 4 aliphatic rings. The minimum Gasteiger partial charge on any atom is -0.464 e. The van der Waals surface area contributed by atoms with Crippen LogP contribution >= 0.6 is 47.0 Å². The fraction of sp³-hybridized carbons (Fsp3) is 0.309. The second-order valence-electron chi connectivity index (χ2n) is 25.7. The second-order valence-corrected chi connectivity index (χ2v) is 29.9. The summed E-state index contributed by atoms with van der Waals surface area (Å²) in [5, 5.41) is 0. The Morgan fingerprint density at radius 2 is 0.406 bits per heavy atom. The van der Waals surface area contributed by atoms with Gasteiger partial charge in [-0.3, -0.25) is 38.4 Å². The van der Waals surface area contributed by atoms with Crippen molar-refractivity contribution in [1.29, 1.82) is 0 Å². The molecule has 0 amide bonds. The Kier molecular flexibility index (Phi) is 24.9. The Hall–Kier alpha value is -9.08. The molecule has 0 atom stereocenters. The molecule has 4 saturated heterocycles. The maximum absolute atomic E-state index is 13.9. The summed E-state index contributed by atoms with van der Waals surface area (Å²) in [7, 11) is 0. The van der Waals surface area contributed by atoms with E-state index in [0.29, 0.717) is 64.1 Å². The van der Waals surface area contributed by atoms with Gasteiger partial charge in [0.05, 0.1) is 23.0 Å². The molecule has 8 aromatic carbocycles. The highest BCUT2D eigenvalue weighted by molar-refractivity contribution is 8.00. The Labute approximate surface area is 606 Å². The van der Waals surface area contributed by atoms with E-state index in [0.717, 1.165) is 126 Å². The normalized spacial score (nSPS) is 14.4. The van der Waals surface area contributed by atoms with Crippen molar-refractivity contribution in [2.75, 3.05) is 121 Å². The lowest BCUT2D eigenvalue weighted by molar-refractivity contribution is -0.167. The lowest BCUT2D eigenvalue weighted by Gasteiger charge is -2.31. The van der Waals surface area contributed by atoms with E-state index in [4.69, 9.17) is 18.9 Å². The van der Waals surface area contributed by atoms with Crippen molar-refractivity contribution in [3.8, 4) is 0 Å². The zero-order valence-corrected chi connectivity index (χ0v) is 59.5. The summed E-state index contributed by atoms with van der Waals surface area (Å²) in [4.78, 5) is 122. The number of hydrogen-bond acceptors (Lipinski definition) is 20. The van der Waals surface area contributed by atoms with E-state index in [1.165, 1.54) is 47.0 Å². The number of thioether (sulfide) groups is 4. The molecular weight excluding hydrogens is 1350 g/mol. The van der Waals surface area contributed by atoms with Crippen LogP contribution in [0.4, 0.5) is 22.7 Å². The molecule has 4 fully saturated rings. The van der Waals surface area contributed by atoms with Crippen LogP contribution in [0.3, 0.4) is 0 Å². The first-order valence-electron chi connectivity index (χ1n) is 34.4. The van der Waals surface area contributed by atoms with Gasteiger partial charge in [-0.05, 0) is 245 Å². The molecule has 0 radical (unpaired) electrons. The van der Waals surface area contributed by atoms with Crippen LogP contribution in [-0.4, -0.2) is 149 Å². The van der Waals surface area contributed by atoms with Crippen molar-refractivity contribution in [1.82, 2.24) is 0 Å². The number of hydrogen-bond donors (Lipinski definition) is 0. The standard InChI is InChI=1S/C81H80N4O12S4/c86-73(49-98-69-33-17-61(18-34-69)77(90)57-9-25-65(26-10-57)82-41-1-2-42-82)94-53-81(54-95-74(87)50-99-70-35-19-62(20-36-70)78(91)58-11-27-66(28-12-58)83-43-3-4-44-83,55-96-75(88)51-100-71-37-21-63(22-38-71)79(92)59-13-29-67(30-14-59)84-45-5-6-46-84)56-97-76(89)52-101-72-39-23-64(24-40-72)80(93)60-15-31-68(32-16-60)85-47-7-8-48-85/h9-40H,1-8,41-56H2. The molecule has 20 heteroatoms. The van der Waals surface area contributed by atoms with Crippen LogP contribution in [0, 0.1) is 5.41 Å². The van der Waals surface area contributed by atoms with Gasteiger partial charge in [0.15, 0.2) is 23.1 Å². The molecule has 0 aromatic heterocycles. The quantitative estimate of drug-likeness (QED) is 0.0167. The van der Waals surface area contributed by atoms with Gasteiger partial charge in [0.1, 0.15) is 31.8 Å². The number of ketones is 4. The zero-order valence-electron chi connectivity index (χ0n) is 56.3. The average molecular weight is 1430 g/mol. The Bertz CT molecular complexity index is 3630. The summed E-state index contributed by atoms with van der Waals surface area (Å²) in [5.74, 6) is -3.92. The topological polar surface area (TPSA) is 186 Å². The largest absolute Gasteiger partial charge is 0.464 e. The summed E-state index contributed by atoms with van der Waals surface area (Å²) in [6, 6.07) is 58.3. The predicted molar refractivity (Wildman–Crippen MR) is 400 cm³/mol. The molecule has 0 saturated carbocycles. The van der Waals surface area contributed by atoms with Crippen molar-refractivity contribution in [3.63, 3.8) is 0 Å². The third-order valence-corrected chi connectivity index (χ3v) is 22.4. The molecule has 4 heterocycles. The summed E-state index contributed by atoms with van der Waals surface area (Å²) < 4.78 is 23.8. The number of rotatable bonds is 32. The van der Waals surface area contributed by atoms with Gasteiger partial charge < -0.3 is 38.5 Å². The highest BCUT2D eigenvalue weighted by Crippen LogP contribution is 2.31. The fourth-order valence-electron chi connectivity index (χ4n) is 12.6. The van der Waals surface area contributed by atoms with Crippen molar-refractivity contribution in [2.45, 2.75) is 70.9 Å². The van der Waals surface area contributed by atoms with Crippen molar-refractivity contribution < 1.29 is 57.3 Å².